The van der Waals surface area contributed by atoms with Crippen LogP contribution in [0.3, 0.4) is 0 Å². The Labute approximate surface area is 141 Å². The lowest BCUT2D eigenvalue weighted by atomic mass is 10.2. The van der Waals surface area contributed by atoms with Gasteiger partial charge in [-0.25, -0.2) is 9.78 Å². The van der Waals surface area contributed by atoms with Crippen molar-refractivity contribution in [3.05, 3.63) is 42.1 Å². The van der Waals surface area contributed by atoms with Crippen LogP contribution in [0.4, 0.5) is 17.5 Å². The molecule has 2 rings (SSSR count). The SMILES string of the molecule is CCOC(=O)c1ccc(Nc2ccnc(NCCCOC)n2)cc1. The molecule has 1 aromatic heterocycles. The zero-order chi connectivity index (χ0) is 17.2. The maximum atomic E-state index is 11.6. The molecule has 1 aromatic carbocycles. The normalized spacial score (nSPS) is 10.2. The minimum absolute atomic E-state index is 0.325. The minimum atomic E-state index is -0.325. The maximum absolute atomic E-state index is 11.6. The van der Waals surface area contributed by atoms with Gasteiger partial charge >= 0.3 is 5.97 Å². The first-order chi connectivity index (χ1) is 11.7. The molecule has 24 heavy (non-hydrogen) atoms. The third kappa shape index (κ3) is 5.51. The summed E-state index contributed by atoms with van der Waals surface area (Å²) in [6.07, 6.45) is 2.56. The third-order valence-electron chi connectivity index (χ3n) is 3.13. The van der Waals surface area contributed by atoms with E-state index >= 15 is 0 Å². The van der Waals surface area contributed by atoms with E-state index < -0.39 is 0 Å². The molecule has 128 valence electrons. The van der Waals surface area contributed by atoms with Crippen LogP contribution in [0.2, 0.25) is 0 Å². The summed E-state index contributed by atoms with van der Waals surface area (Å²) in [4.78, 5) is 20.2. The van der Waals surface area contributed by atoms with Crippen molar-refractivity contribution in [2.24, 2.45) is 0 Å². The molecule has 0 aliphatic heterocycles. The van der Waals surface area contributed by atoms with Crippen LogP contribution in [0, 0.1) is 0 Å². The minimum Gasteiger partial charge on any atom is -0.462 e. The summed E-state index contributed by atoms with van der Waals surface area (Å²) < 4.78 is 9.96. The highest BCUT2D eigenvalue weighted by atomic mass is 16.5. The Morgan fingerprint density at radius 1 is 1.21 bits per heavy atom. The molecular formula is C17H22N4O3. The summed E-state index contributed by atoms with van der Waals surface area (Å²) in [5.41, 5.74) is 1.35. The molecule has 7 nitrogen and oxygen atoms in total. The average molecular weight is 330 g/mol. The van der Waals surface area contributed by atoms with E-state index in [-0.39, 0.29) is 5.97 Å². The number of hydrogen-bond donors (Lipinski definition) is 2. The number of benzene rings is 1. The van der Waals surface area contributed by atoms with Gasteiger partial charge in [0.1, 0.15) is 5.82 Å². The fraction of sp³-hybridized carbons (Fsp3) is 0.353. The van der Waals surface area contributed by atoms with E-state index in [9.17, 15) is 4.79 Å². The number of nitrogens with one attached hydrogen (secondary N) is 2. The van der Waals surface area contributed by atoms with Crippen LogP contribution in [0.1, 0.15) is 23.7 Å². The van der Waals surface area contributed by atoms with Gasteiger partial charge in [0, 0.05) is 32.1 Å². The molecule has 2 aromatic rings. The molecule has 0 amide bonds. The first-order valence-corrected chi connectivity index (χ1v) is 7.83. The van der Waals surface area contributed by atoms with Crippen LogP contribution in [0.15, 0.2) is 36.5 Å². The second-order valence-corrected chi connectivity index (χ2v) is 4.96. The monoisotopic (exact) mass is 330 g/mol. The Kier molecular flexibility index (Phi) is 6.97. The molecule has 0 saturated heterocycles. The smallest absolute Gasteiger partial charge is 0.338 e. The number of carbonyl (C=O) groups is 1. The van der Waals surface area contributed by atoms with Gasteiger partial charge in [0.25, 0.3) is 0 Å². The molecule has 0 radical (unpaired) electrons. The predicted octanol–water partition coefficient (Wildman–Crippen LogP) is 2.85. The summed E-state index contributed by atoms with van der Waals surface area (Å²) >= 11 is 0. The van der Waals surface area contributed by atoms with Gasteiger partial charge < -0.3 is 20.1 Å². The number of anilines is 3. The van der Waals surface area contributed by atoms with Gasteiger partial charge in [-0.15, -0.1) is 0 Å². The van der Waals surface area contributed by atoms with Crippen molar-refractivity contribution >= 4 is 23.4 Å². The van der Waals surface area contributed by atoms with Gasteiger partial charge in [0.2, 0.25) is 5.95 Å². The van der Waals surface area contributed by atoms with Crippen LogP contribution in [0.25, 0.3) is 0 Å². The van der Waals surface area contributed by atoms with E-state index in [4.69, 9.17) is 9.47 Å². The standard InChI is InChI=1S/C17H22N4O3/c1-3-24-16(22)13-5-7-14(8-6-13)20-15-9-11-19-17(21-15)18-10-4-12-23-2/h5-9,11H,3-4,10,12H2,1-2H3,(H2,18,19,20,21). The van der Waals surface area contributed by atoms with E-state index in [0.717, 1.165) is 18.7 Å². The maximum Gasteiger partial charge on any atom is 0.338 e. The summed E-state index contributed by atoms with van der Waals surface area (Å²) in [5, 5.41) is 6.32. The second kappa shape index (κ2) is 9.46. The molecule has 0 bridgehead atoms. The average Bonchev–Trinajstić information content (AvgIpc) is 2.60. The van der Waals surface area contributed by atoms with E-state index in [0.29, 0.717) is 30.5 Å². The molecule has 0 fully saturated rings. The Morgan fingerprint density at radius 2 is 2.00 bits per heavy atom. The van der Waals surface area contributed by atoms with Crippen molar-refractivity contribution in [1.82, 2.24) is 9.97 Å². The molecule has 1 heterocycles. The summed E-state index contributed by atoms with van der Waals surface area (Å²) in [6, 6.07) is 8.82. The molecule has 0 saturated carbocycles. The molecule has 7 heteroatoms. The van der Waals surface area contributed by atoms with Crippen LogP contribution < -0.4 is 10.6 Å². The van der Waals surface area contributed by atoms with Crippen molar-refractivity contribution in [2.75, 3.05) is 37.5 Å². The highest BCUT2D eigenvalue weighted by Crippen LogP contribution is 2.16. The van der Waals surface area contributed by atoms with Crippen molar-refractivity contribution < 1.29 is 14.3 Å². The topological polar surface area (TPSA) is 85.4 Å². The van der Waals surface area contributed by atoms with Gasteiger partial charge in [-0.2, -0.15) is 4.98 Å². The molecule has 0 atom stereocenters. The number of carbonyl (C=O) groups excluding carboxylic acids is 1. The van der Waals surface area contributed by atoms with Gasteiger partial charge in [-0.1, -0.05) is 0 Å². The highest BCUT2D eigenvalue weighted by molar-refractivity contribution is 5.89. The Morgan fingerprint density at radius 3 is 2.71 bits per heavy atom. The van der Waals surface area contributed by atoms with Crippen LogP contribution >= 0.6 is 0 Å². The van der Waals surface area contributed by atoms with E-state index in [1.165, 1.54) is 0 Å². The van der Waals surface area contributed by atoms with Crippen LogP contribution in [-0.2, 0) is 9.47 Å². The lowest BCUT2D eigenvalue weighted by Gasteiger charge is -2.09. The molecule has 2 N–H and O–H groups in total. The fourth-order valence-corrected chi connectivity index (χ4v) is 1.98. The number of aromatic nitrogens is 2. The lowest BCUT2D eigenvalue weighted by Crippen LogP contribution is -2.08. The Balaban J connectivity index is 1.94. The van der Waals surface area contributed by atoms with Gasteiger partial charge in [-0.3, -0.25) is 0 Å². The molecule has 0 spiro atoms. The second-order valence-electron chi connectivity index (χ2n) is 4.96. The van der Waals surface area contributed by atoms with Crippen molar-refractivity contribution in [3.63, 3.8) is 0 Å². The number of nitrogens with zero attached hydrogens (tertiary/aromatic N) is 2. The van der Waals surface area contributed by atoms with Crippen molar-refractivity contribution in [2.45, 2.75) is 13.3 Å². The zero-order valence-electron chi connectivity index (χ0n) is 13.9. The van der Waals surface area contributed by atoms with Crippen LogP contribution in [-0.4, -0.2) is 42.8 Å². The first kappa shape index (κ1) is 17.7. The van der Waals surface area contributed by atoms with Crippen LogP contribution in [0.5, 0.6) is 0 Å². The number of esters is 1. The number of ether oxygens (including phenoxy) is 2. The number of hydrogen-bond acceptors (Lipinski definition) is 7. The first-order valence-electron chi connectivity index (χ1n) is 7.83. The number of methoxy groups -OCH3 is 1. The molecule has 0 aliphatic carbocycles. The Bertz CT molecular complexity index is 647. The summed E-state index contributed by atoms with van der Waals surface area (Å²) in [7, 11) is 1.67. The largest absolute Gasteiger partial charge is 0.462 e. The predicted molar refractivity (Wildman–Crippen MR) is 92.7 cm³/mol. The number of rotatable bonds is 9. The zero-order valence-corrected chi connectivity index (χ0v) is 13.9. The molecular weight excluding hydrogens is 308 g/mol. The molecule has 0 unspecified atom stereocenters. The summed E-state index contributed by atoms with van der Waals surface area (Å²) in [5.74, 6) is 0.899. The quantitative estimate of drug-likeness (QED) is 0.540. The van der Waals surface area contributed by atoms with Gasteiger partial charge in [0.15, 0.2) is 0 Å². The molecule has 0 aliphatic rings. The van der Waals surface area contributed by atoms with E-state index in [1.807, 2.05) is 0 Å². The lowest BCUT2D eigenvalue weighted by molar-refractivity contribution is 0.0526. The Hall–Kier alpha value is -2.67. The van der Waals surface area contributed by atoms with Crippen molar-refractivity contribution in [1.29, 1.82) is 0 Å². The third-order valence-corrected chi connectivity index (χ3v) is 3.13. The van der Waals surface area contributed by atoms with E-state index in [2.05, 4.69) is 20.6 Å². The van der Waals surface area contributed by atoms with Gasteiger partial charge in [-0.05, 0) is 43.7 Å². The van der Waals surface area contributed by atoms with Gasteiger partial charge in [0.05, 0.1) is 12.2 Å². The highest BCUT2D eigenvalue weighted by Gasteiger charge is 2.06. The fourth-order valence-electron chi connectivity index (χ4n) is 1.98. The van der Waals surface area contributed by atoms with E-state index in [1.54, 1.807) is 50.6 Å². The summed E-state index contributed by atoms with van der Waals surface area (Å²) in [6.45, 7) is 3.58. The van der Waals surface area contributed by atoms with Crippen molar-refractivity contribution in [3.8, 4) is 0 Å².